The van der Waals surface area contributed by atoms with Gasteiger partial charge in [0.15, 0.2) is 0 Å². The molecule has 2 nitrogen and oxygen atoms in total. The van der Waals surface area contributed by atoms with Crippen LogP contribution >= 0.6 is 0 Å². The molecule has 1 unspecified atom stereocenters. The van der Waals surface area contributed by atoms with E-state index < -0.39 is 0 Å². The first kappa shape index (κ1) is 5.60. The topological polar surface area (TPSA) is 20.3 Å². The molecule has 8 heavy (non-hydrogen) atoms. The van der Waals surface area contributed by atoms with Crippen molar-refractivity contribution < 1.29 is 4.79 Å². The van der Waals surface area contributed by atoms with Gasteiger partial charge in [-0.2, -0.15) is 0 Å². The zero-order valence-corrected chi connectivity index (χ0v) is 5.22. The van der Waals surface area contributed by atoms with E-state index in [0.29, 0.717) is 0 Å². The average Bonchev–Trinajstić information content (AvgIpc) is 1.98. The Morgan fingerprint density at radius 3 is 2.62 bits per heavy atom. The fourth-order valence-corrected chi connectivity index (χ4v) is 0.855. The Hall–Kier alpha value is -0.530. The molecule has 1 radical (unpaired) electrons. The summed E-state index contributed by atoms with van der Waals surface area (Å²) in [5.41, 5.74) is 0. The minimum atomic E-state index is 0.153. The van der Waals surface area contributed by atoms with E-state index in [0.717, 1.165) is 6.54 Å². The van der Waals surface area contributed by atoms with E-state index in [2.05, 4.69) is 0 Å². The molecule has 1 aliphatic heterocycles. The molecule has 0 aliphatic carbocycles. The number of likely N-dealkylation sites (tertiary alicyclic amines) is 1. The van der Waals surface area contributed by atoms with Crippen molar-refractivity contribution in [3.8, 4) is 0 Å². The molecule has 0 spiro atoms. The van der Waals surface area contributed by atoms with Crippen LogP contribution < -0.4 is 0 Å². The smallest absolute Gasteiger partial charge is 0.225 e. The van der Waals surface area contributed by atoms with Crippen LogP contribution in [0.5, 0.6) is 0 Å². The molecular weight excluding hydrogens is 102 g/mol. The van der Waals surface area contributed by atoms with E-state index in [1.165, 1.54) is 0 Å². The summed E-state index contributed by atoms with van der Waals surface area (Å²) in [6.07, 6.45) is 2.02. The molecule has 1 saturated heterocycles. The lowest BCUT2D eigenvalue weighted by Gasteiger charge is -2.05. The van der Waals surface area contributed by atoms with Crippen molar-refractivity contribution in [2.45, 2.75) is 6.92 Å². The molecular formula is C6H10NO. The largest absolute Gasteiger partial charge is 0.345 e. The van der Waals surface area contributed by atoms with Gasteiger partial charge in [0.1, 0.15) is 0 Å². The summed E-state index contributed by atoms with van der Waals surface area (Å²) in [4.78, 5) is 12.5. The van der Waals surface area contributed by atoms with Gasteiger partial charge in [0.25, 0.3) is 0 Å². The number of amides is 1. The standard InChI is InChI=1S/C6H10NO/c1-5-3-4-7(2)6(5)8/h3,5H,4H2,1-2H3. The average molecular weight is 112 g/mol. The predicted molar refractivity (Wildman–Crippen MR) is 31.1 cm³/mol. The molecule has 0 N–H and O–H groups in total. The lowest BCUT2D eigenvalue weighted by atomic mass is 10.1. The number of rotatable bonds is 0. The second-order valence-corrected chi connectivity index (χ2v) is 2.24. The Balaban J connectivity index is 2.57. The Kier molecular flexibility index (Phi) is 1.24. The number of carbonyl (C=O) groups excluding carboxylic acids is 1. The molecule has 2 heteroatoms. The van der Waals surface area contributed by atoms with Gasteiger partial charge in [-0.1, -0.05) is 6.92 Å². The van der Waals surface area contributed by atoms with Crippen LogP contribution in [0.4, 0.5) is 0 Å². The van der Waals surface area contributed by atoms with Gasteiger partial charge in [-0.05, 0) is 6.42 Å². The van der Waals surface area contributed by atoms with E-state index in [9.17, 15) is 4.79 Å². The van der Waals surface area contributed by atoms with Gasteiger partial charge in [-0.3, -0.25) is 4.79 Å². The second kappa shape index (κ2) is 1.77. The van der Waals surface area contributed by atoms with E-state index in [1.54, 1.807) is 4.90 Å². The highest BCUT2D eigenvalue weighted by Gasteiger charge is 2.24. The molecule has 1 atom stereocenters. The predicted octanol–water partition coefficient (Wildman–Crippen LogP) is 0.299. The van der Waals surface area contributed by atoms with E-state index >= 15 is 0 Å². The highest BCUT2D eigenvalue weighted by molar-refractivity contribution is 5.82. The van der Waals surface area contributed by atoms with Crippen molar-refractivity contribution in [1.82, 2.24) is 4.90 Å². The van der Waals surface area contributed by atoms with E-state index in [1.807, 2.05) is 20.4 Å². The van der Waals surface area contributed by atoms with Crippen molar-refractivity contribution in [3.63, 3.8) is 0 Å². The summed E-state index contributed by atoms with van der Waals surface area (Å²) in [6, 6.07) is 0. The van der Waals surface area contributed by atoms with E-state index in [4.69, 9.17) is 0 Å². The SMILES string of the molecule is CC1[CH]CN(C)C1=O. The summed E-state index contributed by atoms with van der Waals surface area (Å²) >= 11 is 0. The monoisotopic (exact) mass is 112 g/mol. The van der Waals surface area contributed by atoms with Crippen molar-refractivity contribution in [1.29, 1.82) is 0 Å². The van der Waals surface area contributed by atoms with Crippen molar-refractivity contribution in [2.24, 2.45) is 5.92 Å². The van der Waals surface area contributed by atoms with Gasteiger partial charge in [0.2, 0.25) is 5.91 Å². The number of hydrogen-bond acceptors (Lipinski definition) is 1. The summed E-state index contributed by atoms with van der Waals surface area (Å²) < 4.78 is 0. The maximum atomic E-state index is 10.8. The molecule has 1 fully saturated rings. The number of hydrogen-bond donors (Lipinski definition) is 0. The molecule has 1 aliphatic rings. The van der Waals surface area contributed by atoms with Crippen LogP contribution in [-0.4, -0.2) is 24.4 Å². The Bertz CT molecular complexity index is 99.1. The van der Waals surface area contributed by atoms with Crippen LogP contribution in [0.25, 0.3) is 0 Å². The van der Waals surface area contributed by atoms with Crippen molar-refractivity contribution >= 4 is 5.91 Å². The summed E-state index contributed by atoms with van der Waals surface area (Å²) in [5.74, 6) is 0.394. The lowest BCUT2D eigenvalue weighted by molar-refractivity contribution is -0.129. The van der Waals surface area contributed by atoms with Crippen LogP contribution in [0.2, 0.25) is 0 Å². The molecule has 0 aromatic heterocycles. The van der Waals surface area contributed by atoms with Crippen LogP contribution in [0.15, 0.2) is 0 Å². The molecule has 1 heterocycles. The van der Waals surface area contributed by atoms with Crippen LogP contribution in [0.1, 0.15) is 6.92 Å². The second-order valence-electron chi connectivity index (χ2n) is 2.24. The fraction of sp³-hybridized carbons (Fsp3) is 0.667. The number of nitrogens with zero attached hydrogens (tertiary/aromatic N) is 1. The Morgan fingerprint density at radius 2 is 2.50 bits per heavy atom. The first-order chi connectivity index (χ1) is 3.72. The normalized spacial score (nSPS) is 29.5. The molecule has 45 valence electrons. The lowest BCUT2D eigenvalue weighted by Crippen LogP contribution is -2.21. The fourth-order valence-electron chi connectivity index (χ4n) is 0.855. The summed E-state index contributed by atoms with van der Waals surface area (Å²) in [5, 5.41) is 0. The quantitative estimate of drug-likeness (QED) is 0.441. The van der Waals surface area contributed by atoms with Gasteiger partial charge in [-0.25, -0.2) is 0 Å². The molecule has 0 aromatic carbocycles. The van der Waals surface area contributed by atoms with Crippen LogP contribution in [0, 0.1) is 12.3 Å². The Labute approximate surface area is 49.5 Å². The minimum absolute atomic E-state index is 0.153. The first-order valence-electron chi connectivity index (χ1n) is 2.80. The van der Waals surface area contributed by atoms with Gasteiger partial charge in [0, 0.05) is 19.5 Å². The zero-order valence-electron chi connectivity index (χ0n) is 5.22. The molecule has 1 amide bonds. The van der Waals surface area contributed by atoms with Gasteiger partial charge >= 0.3 is 0 Å². The summed E-state index contributed by atoms with van der Waals surface area (Å²) in [6.45, 7) is 2.74. The minimum Gasteiger partial charge on any atom is -0.345 e. The van der Waals surface area contributed by atoms with Crippen LogP contribution in [-0.2, 0) is 4.79 Å². The van der Waals surface area contributed by atoms with E-state index in [-0.39, 0.29) is 11.8 Å². The molecule has 1 rings (SSSR count). The maximum Gasteiger partial charge on any atom is 0.225 e. The van der Waals surface area contributed by atoms with Gasteiger partial charge in [-0.15, -0.1) is 0 Å². The van der Waals surface area contributed by atoms with Gasteiger partial charge in [0.05, 0.1) is 0 Å². The zero-order chi connectivity index (χ0) is 6.15. The molecule has 0 bridgehead atoms. The molecule has 0 aromatic rings. The third kappa shape index (κ3) is 0.703. The third-order valence-corrected chi connectivity index (χ3v) is 1.50. The van der Waals surface area contributed by atoms with Gasteiger partial charge < -0.3 is 4.90 Å². The maximum absolute atomic E-state index is 10.8. The van der Waals surface area contributed by atoms with Crippen molar-refractivity contribution in [2.75, 3.05) is 13.6 Å². The Morgan fingerprint density at radius 1 is 1.88 bits per heavy atom. The highest BCUT2D eigenvalue weighted by Crippen LogP contribution is 2.12. The molecule has 0 saturated carbocycles. The third-order valence-electron chi connectivity index (χ3n) is 1.50. The number of carbonyl (C=O) groups is 1. The first-order valence-corrected chi connectivity index (χ1v) is 2.80. The highest BCUT2D eigenvalue weighted by atomic mass is 16.2. The van der Waals surface area contributed by atoms with Crippen LogP contribution in [0.3, 0.4) is 0 Å². The van der Waals surface area contributed by atoms with Crippen molar-refractivity contribution in [3.05, 3.63) is 6.42 Å². The summed E-state index contributed by atoms with van der Waals surface area (Å²) in [7, 11) is 1.82.